The van der Waals surface area contributed by atoms with E-state index in [2.05, 4.69) is 0 Å². The molecule has 1 aromatic carbocycles. The van der Waals surface area contributed by atoms with Crippen LogP contribution in [0.1, 0.15) is 28.4 Å². The molecule has 0 radical (unpaired) electrons. The predicted molar refractivity (Wildman–Crippen MR) is 71.5 cm³/mol. The SMILES string of the molecule is Cc1ccc(C(=O)C(C)N(C)CC(N)=O)cc1C. The fraction of sp³-hybridized carbons (Fsp3) is 0.429. The number of Topliss-reactive ketones (excluding diaryl/α,β-unsaturated/α-hetero) is 1. The lowest BCUT2D eigenvalue weighted by Crippen LogP contribution is -2.41. The highest BCUT2D eigenvalue weighted by molar-refractivity contribution is 6.00. The first-order valence-electron chi connectivity index (χ1n) is 5.93. The molecule has 0 saturated carbocycles. The Bertz CT molecular complexity index is 469. The largest absolute Gasteiger partial charge is 0.369 e. The van der Waals surface area contributed by atoms with Crippen molar-refractivity contribution in [2.45, 2.75) is 26.8 Å². The van der Waals surface area contributed by atoms with Crippen molar-refractivity contribution in [2.75, 3.05) is 13.6 Å². The molecule has 0 aliphatic heterocycles. The second-order valence-corrected chi connectivity index (χ2v) is 4.72. The van der Waals surface area contributed by atoms with Crippen molar-refractivity contribution < 1.29 is 9.59 Å². The van der Waals surface area contributed by atoms with E-state index in [-0.39, 0.29) is 18.4 Å². The quantitative estimate of drug-likeness (QED) is 0.799. The zero-order chi connectivity index (χ0) is 13.9. The molecular weight excluding hydrogens is 228 g/mol. The maximum absolute atomic E-state index is 12.2. The van der Waals surface area contributed by atoms with Gasteiger partial charge < -0.3 is 5.73 Å². The summed E-state index contributed by atoms with van der Waals surface area (Å²) in [6.07, 6.45) is 0. The molecule has 1 amide bonds. The molecule has 0 aromatic heterocycles. The number of likely N-dealkylation sites (N-methyl/N-ethyl adjacent to an activating group) is 1. The number of nitrogens with two attached hydrogens (primary N) is 1. The summed E-state index contributed by atoms with van der Waals surface area (Å²) in [6, 6.07) is 5.27. The van der Waals surface area contributed by atoms with Crippen LogP contribution >= 0.6 is 0 Å². The lowest BCUT2D eigenvalue weighted by molar-refractivity contribution is -0.119. The molecule has 98 valence electrons. The summed E-state index contributed by atoms with van der Waals surface area (Å²) >= 11 is 0. The smallest absolute Gasteiger partial charge is 0.231 e. The third-order valence-electron chi connectivity index (χ3n) is 3.24. The number of carbonyl (C=O) groups is 2. The standard InChI is InChI=1S/C14H20N2O2/c1-9-5-6-12(7-10(9)2)14(18)11(3)16(4)8-13(15)17/h5-7,11H,8H2,1-4H3,(H2,15,17). The topological polar surface area (TPSA) is 63.4 Å². The molecule has 1 unspecified atom stereocenters. The number of benzene rings is 1. The Morgan fingerprint density at radius 2 is 1.89 bits per heavy atom. The van der Waals surface area contributed by atoms with Gasteiger partial charge in [-0.1, -0.05) is 12.1 Å². The van der Waals surface area contributed by atoms with Crippen molar-refractivity contribution in [3.63, 3.8) is 0 Å². The Morgan fingerprint density at radius 3 is 2.39 bits per heavy atom. The fourth-order valence-electron chi connectivity index (χ4n) is 1.72. The molecule has 0 spiro atoms. The maximum Gasteiger partial charge on any atom is 0.231 e. The Labute approximate surface area is 108 Å². The van der Waals surface area contributed by atoms with Gasteiger partial charge in [0, 0.05) is 5.56 Å². The minimum atomic E-state index is -0.433. The highest BCUT2D eigenvalue weighted by Gasteiger charge is 2.20. The molecule has 0 aliphatic carbocycles. The van der Waals surface area contributed by atoms with Gasteiger partial charge in [0.05, 0.1) is 12.6 Å². The Balaban J connectivity index is 2.86. The number of nitrogens with zero attached hydrogens (tertiary/aromatic N) is 1. The summed E-state index contributed by atoms with van der Waals surface area (Å²) in [4.78, 5) is 24.7. The van der Waals surface area contributed by atoms with Gasteiger partial charge in [0.1, 0.15) is 0 Å². The van der Waals surface area contributed by atoms with E-state index in [0.717, 1.165) is 11.1 Å². The normalized spacial score (nSPS) is 12.5. The van der Waals surface area contributed by atoms with Crippen LogP contribution in [0.3, 0.4) is 0 Å². The summed E-state index contributed by atoms with van der Waals surface area (Å²) in [5.74, 6) is -0.431. The molecule has 0 bridgehead atoms. The monoisotopic (exact) mass is 248 g/mol. The Hall–Kier alpha value is -1.68. The molecule has 1 atom stereocenters. The van der Waals surface area contributed by atoms with Crippen molar-refractivity contribution in [1.29, 1.82) is 0 Å². The summed E-state index contributed by atoms with van der Waals surface area (Å²) in [7, 11) is 1.72. The average Bonchev–Trinajstić information content (AvgIpc) is 2.30. The van der Waals surface area contributed by atoms with Crippen LogP contribution in [0.5, 0.6) is 0 Å². The lowest BCUT2D eigenvalue weighted by atomic mass is 10.00. The molecule has 1 rings (SSSR count). The number of hydrogen-bond acceptors (Lipinski definition) is 3. The number of aryl methyl sites for hydroxylation is 2. The lowest BCUT2D eigenvalue weighted by Gasteiger charge is -2.22. The molecule has 0 saturated heterocycles. The van der Waals surface area contributed by atoms with Gasteiger partial charge in [0.25, 0.3) is 0 Å². The zero-order valence-corrected chi connectivity index (χ0v) is 11.4. The number of carbonyl (C=O) groups excluding carboxylic acids is 2. The first-order chi connectivity index (χ1) is 8.32. The van der Waals surface area contributed by atoms with Crippen molar-refractivity contribution in [3.05, 3.63) is 34.9 Å². The first-order valence-corrected chi connectivity index (χ1v) is 5.93. The average molecular weight is 248 g/mol. The number of hydrogen-bond donors (Lipinski definition) is 1. The number of ketones is 1. The van der Waals surface area contributed by atoms with Crippen LogP contribution in [0.2, 0.25) is 0 Å². The molecule has 4 heteroatoms. The number of amides is 1. The van der Waals surface area contributed by atoms with Crippen molar-refractivity contribution in [1.82, 2.24) is 4.90 Å². The van der Waals surface area contributed by atoms with Gasteiger partial charge >= 0.3 is 0 Å². The predicted octanol–water partition coefficient (Wildman–Crippen LogP) is 1.29. The summed E-state index contributed by atoms with van der Waals surface area (Å²) < 4.78 is 0. The van der Waals surface area contributed by atoms with Crippen LogP contribution in [-0.4, -0.2) is 36.2 Å². The van der Waals surface area contributed by atoms with E-state index < -0.39 is 5.91 Å². The molecule has 0 heterocycles. The third-order valence-corrected chi connectivity index (χ3v) is 3.24. The minimum absolute atomic E-state index is 0.00171. The summed E-state index contributed by atoms with van der Waals surface area (Å²) in [5, 5.41) is 0. The van der Waals surface area contributed by atoms with Gasteiger partial charge in [0.2, 0.25) is 5.91 Å². The first kappa shape index (κ1) is 14.4. The molecule has 18 heavy (non-hydrogen) atoms. The van der Waals surface area contributed by atoms with E-state index >= 15 is 0 Å². The molecule has 4 nitrogen and oxygen atoms in total. The minimum Gasteiger partial charge on any atom is -0.369 e. The van der Waals surface area contributed by atoms with Crippen LogP contribution in [0, 0.1) is 13.8 Å². The van der Waals surface area contributed by atoms with Crippen LogP contribution in [0.4, 0.5) is 0 Å². The highest BCUT2D eigenvalue weighted by atomic mass is 16.1. The third kappa shape index (κ3) is 3.40. The van der Waals surface area contributed by atoms with Crippen LogP contribution in [0.15, 0.2) is 18.2 Å². The van der Waals surface area contributed by atoms with Crippen molar-refractivity contribution >= 4 is 11.7 Å². The van der Waals surface area contributed by atoms with Crippen LogP contribution < -0.4 is 5.73 Å². The molecule has 1 aromatic rings. The fourth-order valence-corrected chi connectivity index (χ4v) is 1.72. The number of rotatable bonds is 5. The summed E-state index contributed by atoms with van der Waals surface area (Å²) in [5.41, 5.74) is 8.04. The van der Waals surface area contributed by atoms with Gasteiger partial charge in [-0.15, -0.1) is 0 Å². The van der Waals surface area contributed by atoms with Gasteiger partial charge in [0.15, 0.2) is 5.78 Å². The molecular formula is C14H20N2O2. The van der Waals surface area contributed by atoms with E-state index in [1.165, 1.54) is 0 Å². The molecule has 2 N–H and O–H groups in total. The van der Waals surface area contributed by atoms with Crippen LogP contribution in [-0.2, 0) is 4.79 Å². The number of primary amides is 1. The van der Waals surface area contributed by atoms with E-state index in [4.69, 9.17) is 5.73 Å². The summed E-state index contributed by atoms with van der Waals surface area (Å²) in [6.45, 7) is 5.84. The van der Waals surface area contributed by atoms with Gasteiger partial charge in [-0.25, -0.2) is 0 Å². The Kier molecular flexibility index (Phi) is 4.62. The molecule has 0 fully saturated rings. The second kappa shape index (κ2) is 5.78. The van der Waals surface area contributed by atoms with E-state index in [0.29, 0.717) is 5.56 Å². The van der Waals surface area contributed by atoms with Crippen molar-refractivity contribution in [2.24, 2.45) is 5.73 Å². The van der Waals surface area contributed by atoms with E-state index in [9.17, 15) is 9.59 Å². The molecule has 0 aliphatic rings. The van der Waals surface area contributed by atoms with Crippen LogP contribution in [0.25, 0.3) is 0 Å². The van der Waals surface area contributed by atoms with Gasteiger partial charge in [-0.3, -0.25) is 14.5 Å². The van der Waals surface area contributed by atoms with Gasteiger partial charge in [-0.05, 0) is 45.0 Å². The van der Waals surface area contributed by atoms with Crippen molar-refractivity contribution in [3.8, 4) is 0 Å². The maximum atomic E-state index is 12.2. The second-order valence-electron chi connectivity index (χ2n) is 4.72. The highest BCUT2D eigenvalue weighted by Crippen LogP contribution is 2.13. The zero-order valence-electron chi connectivity index (χ0n) is 11.4. The van der Waals surface area contributed by atoms with Gasteiger partial charge in [-0.2, -0.15) is 0 Å². The van der Waals surface area contributed by atoms with E-state index in [1.54, 1.807) is 18.9 Å². The van der Waals surface area contributed by atoms with E-state index in [1.807, 2.05) is 32.0 Å². The Morgan fingerprint density at radius 1 is 1.28 bits per heavy atom.